The molecule has 7 heteroatoms. The van der Waals surface area contributed by atoms with Gasteiger partial charge in [0.15, 0.2) is 0 Å². The summed E-state index contributed by atoms with van der Waals surface area (Å²) in [4.78, 5) is 9.00. The van der Waals surface area contributed by atoms with Crippen LogP contribution in [0.3, 0.4) is 0 Å². The van der Waals surface area contributed by atoms with Gasteiger partial charge in [-0.3, -0.25) is 0 Å². The predicted octanol–water partition coefficient (Wildman–Crippen LogP) is 1.87. The van der Waals surface area contributed by atoms with Crippen molar-refractivity contribution in [1.82, 2.24) is 19.7 Å². The molecule has 0 amide bonds. The second-order valence-corrected chi connectivity index (χ2v) is 6.33. The number of rotatable bonds is 3. The van der Waals surface area contributed by atoms with E-state index in [-0.39, 0.29) is 6.10 Å². The molecule has 1 fully saturated rings. The summed E-state index contributed by atoms with van der Waals surface area (Å²) in [5, 5.41) is 20.8. The van der Waals surface area contributed by atoms with Gasteiger partial charge >= 0.3 is 0 Å². The Kier molecular flexibility index (Phi) is 3.87. The molecule has 1 saturated carbocycles. The van der Waals surface area contributed by atoms with Gasteiger partial charge in [0.1, 0.15) is 5.82 Å². The monoisotopic (exact) mass is 314 g/mol. The van der Waals surface area contributed by atoms with Gasteiger partial charge in [-0.1, -0.05) is 0 Å². The van der Waals surface area contributed by atoms with Crippen LogP contribution in [-0.2, 0) is 6.54 Å². The summed E-state index contributed by atoms with van der Waals surface area (Å²) in [5.74, 6) is 1.70. The van der Waals surface area contributed by atoms with Gasteiger partial charge in [0.05, 0.1) is 23.6 Å². The second-order valence-electron chi connectivity index (χ2n) is 6.33. The third-order valence-electron chi connectivity index (χ3n) is 4.64. The summed E-state index contributed by atoms with van der Waals surface area (Å²) in [6, 6.07) is 2.26. The normalized spacial score (nSPS) is 23.9. The fourth-order valence-electron chi connectivity index (χ4n) is 3.35. The Bertz CT molecular complexity index is 677. The highest BCUT2D eigenvalue weighted by atomic mass is 16.3. The molecule has 0 saturated heterocycles. The van der Waals surface area contributed by atoms with Gasteiger partial charge in [-0.05, 0) is 38.2 Å². The number of aliphatic hydroxyl groups excluding tert-OH is 1. The molecule has 4 rings (SSSR count). The fraction of sp³-hybridized carbons (Fsp3) is 0.562. The Morgan fingerprint density at radius 1 is 1.26 bits per heavy atom. The van der Waals surface area contributed by atoms with Crippen molar-refractivity contribution < 1.29 is 5.11 Å². The van der Waals surface area contributed by atoms with Gasteiger partial charge in [-0.2, -0.15) is 5.10 Å². The van der Waals surface area contributed by atoms with Crippen LogP contribution in [0.1, 0.15) is 32.1 Å². The largest absolute Gasteiger partial charge is 0.393 e. The van der Waals surface area contributed by atoms with Crippen LogP contribution >= 0.6 is 0 Å². The standard InChI is InChI=1S/C16H22N6O/c23-12-4-2-11(3-5-12)20-16-18-8-6-14(21-16)13-10-19-22-9-1-7-17-15(13)22/h6,8,10-12,17,23H,1-5,7,9H2,(H,18,20,21). The minimum atomic E-state index is -0.148. The molecular weight excluding hydrogens is 292 g/mol. The summed E-state index contributed by atoms with van der Waals surface area (Å²) < 4.78 is 2.00. The van der Waals surface area contributed by atoms with E-state index in [4.69, 9.17) is 0 Å². The zero-order valence-electron chi connectivity index (χ0n) is 13.1. The molecule has 1 aliphatic heterocycles. The van der Waals surface area contributed by atoms with E-state index in [1.807, 2.05) is 16.9 Å². The minimum Gasteiger partial charge on any atom is -0.393 e. The first-order chi connectivity index (χ1) is 11.3. The molecule has 0 spiro atoms. The summed E-state index contributed by atoms with van der Waals surface area (Å²) >= 11 is 0. The Morgan fingerprint density at radius 3 is 3.00 bits per heavy atom. The van der Waals surface area contributed by atoms with E-state index in [1.54, 1.807) is 6.20 Å². The minimum absolute atomic E-state index is 0.148. The van der Waals surface area contributed by atoms with Crippen LogP contribution in [-0.4, -0.2) is 43.5 Å². The third-order valence-corrected chi connectivity index (χ3v) is 4.64. The topological polar surface area (TPSA) is 87.9 Å². The average Bonchev–Trinajstić information content (AvgIpc) is 3.01. The van der Waals surface area contributed by atoms with Crippen LogP contribution in [0, 0.1) is 0 Å². The maximum Gasteiger partial charge on any atom is 0.223 e. The molecule has 0 atom stereocenters. The fourth-order valence-corrected chi connectivity index (χ4v) is 3.35. The van der Waals surface area contributed by atoms with E-state index in [9.17, 15) is 5.11 Å². The van der Waals surface area contributed by atoms with Crippen molar-refractivity contribution in [3.05, 3.63) is 18.5 Å². The Hall–Kier alpha value is -2.15. The summed E-state index contributed by atoms with van der Waals surface area (Å²) in [6.45, 7) is 1.92. The Labute approximate surface area is 135 Å². The number of aryl methyl sites for hydroxylation is 1. The quantitative estimate of drug-likeness (QED) is 0.801. The highest BCUT2D eigenvalue weighted by Gasteiger charge is 2.21. The lowest BCUT2D eigenvalue weighted by Crippen LogP contribution is -2.28. The smallest absolute Gasteiger partial charge is 0.223 e. The lowest BCUT2D eigenvalue weighted by molar-refractivity contribution is 0.126. The van der Waals surface area contributed by atoms with Crippen LogP contribution in [0.5, 0.6) is 0 Å². The van der Waals surface area contributed by atoms with Crippen LogP contribution in [0.15, 0.2) is 18.5 Å². The molecule has 0 unspecified atom stereocenters. The second kappa shape index (κ2) is 6.16. The molecule has 0 bridgehead atoms. The van der Waals surface area contributed by atoms with E-state index in [1.165, 1.54) is 0 Å². The molecule has 2 aromatic heterocycles. The van der Waals surface area contributed by atoms with Crippen molar-refractivity contribution in [1.29, 1.82) is 0 Å². The van der Waals surface area contributed by atoms with Crippen molar-refractivity contribution in [2.24, 2.45) is 0 Å². The zero-order chi connectivity index (χ0) is 15.6. The number of hydrogen-bond donors (Lipinski definition) is 3. The lowest BCUT2D eigenvalue weighted by atomic mass is 9.93. The number of fused-ring (bicyclic) bond motifs is 1. The van der Waals surface area contributed by atoms with Gasteiger partial charge in [-0.15, -0.1) is 0 Å². The first kappa shape index (κ1) is 14.4. The molecule has 0 aromatic carbocycles. The van der Waals surface area contributed by atoms with Gasteiger partial charge in [-0.25, -0.2) is 14.6 Å². The molecule has 1 aliphatic carbocycles. The number of hydrogen-bond acceptors (Lipinski definition) is 6. The number of aromatic nitrogens is 4. The van der Waals surface area contributed by atoms with Crippen molar-refractivity contribution in [3.8, 4) is 11.3 Å². The van der Waals surface area contributed by atoms with Gasteiger partial charge in [0.25, 0.3) is 0 Å². The highest BCUT2D eigenvalue weighted by molar-refractivity contribution is 5.73. The summed E-state index contributed by atoms with van der Waals surface area (Å²) in [7, 11) is 0. The zero-order valence-corrected chi connectivity index (χ0v) is 13.1. The highest BCUT2D eigenvalue weighted by Crippen LogP contribution is 2.29. The molecule has 122 valence electrons. The van der Waals surface area contributed by atoms with Crippen molar-refractivity contribution in [3.63, 3.8) is 0 Å². The van der Waals surface area contributed by atoms with Crippen LogP contribution < -0.4 is 10.6 Å². The van der Waals surface area contributed by atoms with E-state index >= 15 is 0 Å². The summed E-state index contributed by atoms with van der Waals surface area (Å²) in [6.07, 6.45) is 8.21. The van der Waals surface area contributed by atoms with Crippen LogP contribution in [0.25, 0.3) is 11.3 Å². The van der Waals surface area contributed by atoms with Crippen molar-refractivity contribution >= 4 is 11.8 Å². The average molecular weight is 314 g/mol. The van der Waals surface area contributed by atoms with Crippen LogP contribution in [0.4, 0.5) is 11.8 Å². The van der Waals surface area contributed by atoms with E-state index in [0.29, 0.717) is 12.0 Å². The van der Waals surface area contributed by atoms with Crippen molar-refractivity contribution in [2.45, 2.75) is 50.8 Å². The maximum absolute atomic E-state index is 9.60. The molecule has 23 heavy (non-hydrogen) atoms. The molecule has 7 nitrogen and oxygen atoms in total. The number of anilines is 2. The molecule has 3 N–H and O–H groups in total. The molecule has 3 heterocycles. The van der Waals surface area contributed by atoms with Gasteiger partial charge in [0.2, 0.25) is 5.95 Å². The molecule has 2 aromatic rings. The third kappa shape index (κ3) is 3.01. The SMILES string of the molecule is OC1CCC(Nc2nccc(-c3cnn4c3NCCC4)n2)CC1. The number of aliphatic hydroxyl groups is 1. The van der Waals surface area contributed by atoms with Gasteiger partial charge in [0, 0.05) is 25.3 Å². The lowest BCUT2D eigenvalue weighted by Gasteiger charge is -2.26. The van der Waals surface area contributed by atoms with Crippen LogP contribution in [0.2, 0.25) is 0 Å². The number of nitrogens with zero attached hydrogens (tertiary/aromatic N) is 4. The van der Waals surface area contributed by atoms with E-state index in [0.717, 1.165) is 62.3 Å². The first-order valence-electron chi connectivity index (χ1n) is 8.37. The van der Waals surface area contributed by atoms with Crippen molar-refractivity contribution in [2.75, 3.05) is 17.2 Å². The molecule has 0 radical (unpaired) electrons. The molecular formula is C16H22N6O. The first-order valence-corrected chi connectivity index (χ1v) is 8.37. The summed E-state index contributed by atoms with van der Waals surface area (Å²) in [5.41, 5.74) is 1.91. The Balaban J connectivity index is 1.53. The van der Waals surface area contributed by atoms with E-state index < -0.39 is 0 Å². The predicted molar refractivity (Wildman–Crippen MR) is 88.2 cm³/mol. The number of nitrogens with one attached hydrogen (secondary N) is 2. The Morgan fingerprint density at radius 2 is 2.13 bits per heavy atom. The molecule has 2 aliphatic rings. The maximum atomic E-state index is 9.60. The van der Waals surface area contributed by atoms with Gasteiger partial charge < -0.3 is 15.7 Å². The van der Waals surface area contributed by atoms with E-state index in [2.05, 4.69) is 25.7 Å².